The molecule has 118 valence electrons. The number of carbonyl (C=O) groups is 1. The maximum Gasteiger partial charge on any atom is 0.243 e. The molecular weight excluding hydrogens is 314 g/mol. The molecule has 0 bridgehead atoms. The second-order valence-corrected chi connectivity index (χ2v) is 7.17. The minimum atomic E-state index is -3.80. The second-order valence-electron chi connectivity index (χ2n) is 4.86. The first kappa shape index (κ1) is 17.7. The fraction of sp³-hybridized carbons (Fsp3) is 0.462. The molecule has 21 heavy (non-hydrogen) atoms. The standard InChI is InChI=1S/C13H20ClN3O3S/c1-5-17(8-13(18)16(3)4)21(19,20)12-7-11(15)10(14)6-9(12)2/h6-7H,5,8,15H2,1-4H3. The van der Waals surface area contributed by atoms with Crippen molar-refractivity contribution in [2.75, 3.05) is 32.9 Å². The summed E-state index contributed by atoms with van der Waals surface area (Å²) in [6.07, 6.45) is 0. The molecule has 0 fully saturated rings. The summed E-state index contributed by atoms with van der Waals surface area (Å²) in [4.78, 5) is 13.2. The number of likely N-dealkylation sites (N-methyl/N-ethyl adjacent to an activating group) is 2. The first-order valence-corrected chi connectivity index (χ1v) is 8.19. The van der Waals surface area contributed by atoms with Crippen LogP contribution >= 0.6 is 11.6 Å². The Bertz CT molecular complexity index is 644. The van der Waals surface area contributed by atoms with Gasteiger partial charge in [0.1, 0.15) is 0 Å². The molecule has 1 amide bonds. The van der Waals surface area contributed by atoms with Crippen molar-refractivity contribution in [2.45, 2.75) is 18.7 Å². The Morgan fingerprint density at radius 2 is 1.90 bits per heavy atom. The molecule has 0 aromatic heterocycles. The lowest BCUT2D eigenvalue weighted by Crippen LogP contribution is -2.40. The number of benzene rings is 1. The van der Waals surface area contributed by atoms with Gasteiger partial charge in [-0.2, -0.15) is 4.31 Å². The average Bonchev–Trinajstić information content (AvgIpc) is 2.39. The molecule has 0 saturated carbocycles. The monoisotopic (exact) mass is 333 g/mol. The van der Waals surface area contributed by atoms with E-state index < -0.39 is 10.0 Å². The van der Waals surface area contributed by atoms with Crippen LogP contribution in [0.15, 0.2) is 17.0 Å². The zero-order valence-electron chi connectivity index (χ0n) is 12.6. The van der Waals surface area contributed by atoms with E-state index in [4.69, 9.17) is 17.3 Å². The first-order chi connectivity index (χ1) is 9.61. The van der Waals surface area contributed by atoms with Crippen LogP contribution in [0.2, 0.25) is 5.02 Å². The maximum atomic E-state index is 12.7. The molecule has 0 atom stereocenters. The van der Waals surface area contributed by atoms with E-state index in [1.807, 2.05) is 0 Å². The van der Waals surface area contributed by atoms with Gasteiger partial charge >= 0.3 is 0 Å². The van der Waals surface area contributed by atoms with Gasteiger partial charge in [0.2, 0.25) is 15.9 Å². The van der Waals surface area contributed by atoms with Crippen molar-refractivity contribution in [3.05, 3.63) is 22.7 Å². The molecule has 8 heteroatoms. The minimum absolute atomic E-state index is 0.0674. The normalized spacial score (nSPS) is 11.7. The van der Waals surface area contributed by atoms with Crippen molar-refractivity contribution < 1.29 is 13.2 Å². The molecule has 0 radical (unpaired) electrons. The number of sulfonamides is 1. The van der Waals surface area contributed by atoms with Crippen molar-refractivity contribution in [3.63, 3.8) is 0 Å². The predicted octanol–water partition coefficient (Wildman–Crippen LogP) is 1.33. The van der Waals surface area contributed by atoms with Crippen molar-refractivity contribution in [1.82, 2.24) is 9.21 Å². The van der Waals surface area contributed by atoms with Crippen LogP contribution < -0.4 is 5.73 Å². The number of carbonyl (C=O) groups excluding carboxylic acids is 1. The van der Waals surface area contributed by atoms with Crippen LogP contribution in [0.4, 0.5) is 5.69 Å². The van der Waals surface area contributed by atoms with Gasteiger partial charge in [-0.15, -0.1) is 0 Å². The van der Waals surface area contributed by atoms with Gasteiger partial charge in [-0.25, -0.2) is 8.42 Å². The molecule has 0 heterocycles. The quantitative estimate of drug-likeness (QED) is 0.824. The highest BCUT2D eigenvalue weighted by atomic mass is 35.5. The smallest absolute Gasteiger partial charge is 0.243 e. The van der Waals surface area contributed by atoms with Gasteiger partial charge < -0.3 is 10.6 Å². The molecule has 0 unspecified atom stereocenters. The summed E-state index contributed by atoms with van der Waals surface area (Å²) in [7, 11) is -0.647. The summed E-state index contributed by atoms with van der Waals surface area (Å²) in [6.45, 7) is 3.28. The van der Waals surface area contributed by atoms with Gasteiger partial charge in [-0.05, 0) is 24.6 Å². The largest absolute Gasteiger partial charge is 0.397 e. The van der Waals surface area contributed by atoms with Crippen molar-refractivity contribution in [2.24, 2.45) is 0 Å². The van der Waals surface area contributed by atoms with E-state index in [9.17, 15) is 13.2 Å². The van der Waals surface area contributed by atoms with E-state index in [2.05, 4.69) is 0 Å². The highest BCUT2D eigenvalue weighted by Gasteiger charge is 2.27. The van der Waals surface area contributed by atoms with Crippen molar-refractivity contribution >= 4 is 33.2 Å². The summed E-state index contributed by atoms with van der Waals surface area (Å²) in [5.41, 5.74) is 6.37. The molecule has 6 nitrogen and oxygen atoms in total. The highest BCUT2D eigenvalue weighted by Crippen LogP contribution is 2.28. The van der Waals surface area contributed by atoms with Gasteiger partial charge in [0.25, 0.3) is 0 Å². The number of anilines is 1. The molecule has 2 N–H and O–H groups in total. The van der Waals surface area contributed by atoms with Gasteiger partial charge in [0.15, 0.2) is 0 Å². The fourth-order valence-corrected chi connectivity index (χ4v) is 3.60. The molecule has 1 aromatic carbocycles. The van der Waals surface area contributed by atoms with Crippen molar-refractivity contribution in [1.29, 1.82) is 0 Å². The predicted molar refractivity (Wildman–Crippen MR) is 83.7 cm³/mol. The summed E-state index contributed by atoms with van der Waals surface area (Å²) in [6, 6.07) is 2.83. The van der Waals surface area contributed by atoms with Crippen molar-refractivity contribution in [3.8, 4) is 0 Å². The van der Waals surface area contributed by atoms with Crippen LogP contribution in [0.3, 0.4) is 0 Å². The third-order valence-electron chi connectivity index (χ3n) is 3.08. The Balaban J connectivity index is 3.25. The van der Waals surface area contributed by atoms with E-state index in [0.717, 1.165) is 4.31 Å². The Kier molecular flexibility index (Phi) is 5.61. The molecule has 0 saturated heterocycles. The molecule has 1 rings (SSSR count). The van der Waals surface area contributed by atoms with Crippen LogP contribution in [-0.2, 0) is 14.8 Å². The van der Waals surface area contributed by atoms with E-state index in [1.165, 1.54) is 17.0 Å². The molecule has 0 spiro atoms. The van der Waals surface area contributed by atoms with E-state index in [1.54, 1.807) is 27.9 Å². The number of hydrogen-bond acceptors (Lipinski definition) is 4. The van der Waals surface area contributed by atoms with Gasteiger partial charge in [-0.1, -0.05) is 18.5 Å². The van der Waals surface area contributed by atoms with Gasteiger partial charge in [-0.3, -0.25) is 4.79 Å². The van der Waals surface area contributed by atoms with Crippen LogP contribution in [0.25, 0.3) is 0 Å². The summed E-state index contributed by atoms with van der Waals surface area (Å²) in [5, 5.41) is 0.305. The lowest BCUT2D eigenvalue weighted by atomic mass is 10.2. The zero-order chi connectivity index (χ0) is 16.4. The fourth-order valence-electron chi connectivity index (χ4n) is 1.74. The lowest BCUT2D eigenvalue weighted by molar-refractivity contribution is -0.128. The Hall–Kier alpha value is -1.31. The average molecular weight is 334 g/mol. The maximum absolute atomic E-state index is 12.7. The van der Waals surface area contributed by atoms with E-state index in [-0.39, 0.29) is 29.6 Å². The minimum Gasteiger partial charge on any atom is -0.397 e. The number of rotatable bonds is 5. The van der Waals surface area contributed by atoms with Crippen LogP contribution in [0, 0.1) is 6.92 Å². The molecule has 1 aromatic rings. The number of nitrogens with two attached hydrogens (primary N) is 1. The topological polar surface area (TPSA) is 83.7 Å². The summed E-state index contributed by atoms with van der Waals surface area (Å²) in [5.74, 6) is -0.292. The van der Waals surface area contributed by atoms with E-state index >= 15 is 0 Å². The van der Waals surface area contributed by atoms with Crippen LogP contribution in [-0.4, -0.2) is 50.7 Å². The van der Waals surface area contributed by atoms with Gasteiger partial charge in [0, 0.05) is 20.6 Å². The van der Waals surface area contributed by atoms with Crippen LogP contribution in [0.5, 0.6) is 0 Å². The summed E-state index contributed by atoms with van der Waals surface area (Å²) < 4.78 is 26.4. The molecule has 0 aliphatic rings. The summed E-state index contributed by atoms with van der Waals surface area (Å²) >= 11 is 5.88. The molecule has 0 aliphatic carbocycles. The zero-order valence-corrected chi connectivity index (χ0v) is 14.1. The first-order valence-electron chi connectivity index (χ1n) is 6.37. The molecule has 0 aliphatic heterocycles. The third-order valence-corrected chi connectivity index (χ3v) is 5.47. The number of aryl methyl sites for hydroxylation is 1. The Morgan fingerprint density at radius 3 is 2.38 bits per heavy atom. The number of nitrogens with zero attached hydrogens (tertiary/aromatic N) is 2. The lowest BCUT2D eigenvalue weighted by Gasteiger charge is -2.23. The second kappa shape index (κ2) is 6.64. The Morgan fingerprint density at radius 1 is 1.33 bits per heavy atom. The van der Waals surface area contributed by atoms with E-state index in [0.29, 0.717) is 10.6 Å². The number of hydrogen-bond donors (Lipinski definition) is 1. The molecular formula is C13H20ClN3O3S. The third kappa shape index (κ3) is 3.87. The van der Waals surface area contributed by atoms with Gasteiger partial charge in [0.05, 0.1) is 22.2 Å². The highest BCUT2D eigenvalue weighted by molar-refractivity contribution is 7.89. The SMILES string of the molecule is CCN(CC(=O)N(C)C)S(=O)(=O)c1cc(N)c(Cl)cc1C. The van der Waals surface area contributed by atoms with Crippen LogP contribution in [0.1, 0.15) is 12.5 Å². The Labute approximate surface area is 130 Å². The number of nitrogen functional groups attached to an aromatic ring is 1. The number of amides is 1. The number of halogens is 1.